The summed E-state index contributed by atoms with van der Waals surface area (Å²) < 4.78 is 0. The molecule has 3 heteroatoms. The van der Waals surface area contributed by atoms with Crippen LogP contribution >= 0.6 is 0 Å². The Labute approximate surface area is 95.5 Å². The number of aliphatic carboxylic acids is 1. The summed E-state index contributed by atoms with van der Waals surface area (Å²) in [4.78, 5) is 11.2. The van der Waals surface area contributed by atoms with Crippen LogP contribution in [0, 0.1) is 12.8 Å². The molecule has 0 aromatic heterocycles. The maximum atomic E-state index is 11.2. The topological polar surface area (TPSA) is 49.3 Å². The summed E-state index contributed by atoms with van der Waals surface area (Å²) in [5.74, 6) is -0.991. The van der Waals surface area contributed by atoms with Crippen LogP contribution in [0.3, 0.4) is 0 Å². The maximum Gasteiger partial charge on any atom is 0.308 e. The standard InChI is InChI=1S/C13H17NO2/c1-9-4-2-5-10(8-9)12-11(13(15)16)6-3-7-14-12/h2,4-5,8,11-12,14H,3,6-7H2,1H3,(H,15,16)/t11-,12+/m0/s1. The van der Waals surface area contributed by atoms with Gasteiger partial charge in [0.05, 0.1) is 5.92 Å². The molecule has 2 atom stereocenters. The molecule has 2 rings (SSSR count). The van der Waals surface area contributed by atoms with E-state index in [0.29, 0.717) is 0 Å². The first-order chi connectivity index (χ1) is 7.68. The zero-order chi connectivity index (χ0) is 11.5. The highest BCUT2D eigenvalue weighted by molar-refractivity contribution is 5.71. The van der Waals surface area contributed by atoms with Gasteiger partial charge in [-0.15, -0.1) is 0 Å². The molecule has 16 heavy (non-hydrogen) atoms. The lowest BCUT2D eigenvalue weighted by molar-refractivity contribution is -0.143. The number of hydrogen-bond acceptors (Lipinski definition) is 2. The smallest absolute Gasteiger partial charge is 0.308 e. The predicted octanol–water partition coefficient (Wildman–Crippen LogP) is 2.12. The second kappa shape index (κ2) is 4.66. The molecule has 0 bridgehead atoms. The monoisotopic (exact) mass is 219 g/mol. The van der Waals surface area contributed by atoms with Crippen LogP contribution in [-0.4, -0.2) is 17.6 Å². The molecule has 86 valence electrons. The highest BCUT2D eigenvalue weighted by Crippen LogP contribution is 2.29. The van der Waals surface area contributed by atoms with Crippen molar-refractivity contribution in [3.8, 4) is 0 Å². The summed E-state index contributed by atoms with van der Waals surface area (Å²) in [6.45, 7) is 2.94. The average Bonchev–Trinajstić information content (AvgIpc) is 2.29. The number of piperidine rings is 1. The molecular weight excluding hydrogens is 202 g/mol. The van der Waals surface area contributed by atoms with Crippen molar-refractivity contribution < 1.29 is 9.90 Å². The molecule has 2 N–H and O–H groups in total. The first kappa shape index (κ1) is 11.1. The third-order valence-electron chi connectivity index (χ3n) is 3.18. The van der Waals surface area contributed by atoms with Gasteiger partial charge in [0.2, 0.25) is 0 Å². The van der Waals surface area contributed by atoms with Gasteiger partial charge in [-0.25, -0.2) is 0 Å². The van der Waals surface area contributed by atoms with Crippen LogP contribution in [0.5, 0.6) is 0 Å². The summed E-state index contributed by atoms with van der Waals surface area (Å²) in [5, 5.41) is 12.5. The lowest BCUT2D eigenvalue weighted by Gasteiger charge is -2.30. The van der Waals surface area contributed by atoms with Gasteiger partial charge in [-0.05, 0) is 31.9 Å². The number of carboxylic acid groups (broad SMARTS) is 1. The van der Waals surface area contributed by atoms with E-state index in [4.69, 9.17) is 0 Å². The number of rotatable bonds is 2. The zero-order valence-electron chi connectivity index (χ0n) is 9.44. The fourth-order valence-electron chi connectivity index (χ4n) is 2.37. The Morgan fingerprint density at radius 2 is 2.31 bits per heavy atom. The first-order valence-electron chi connectivity index (χ1n) is 5.71. The second-order valence-electron chi connectivity index (χ2n) is 4.43. The minimum atomic E-state index is -0.696. The Bertz CT molecular complexity index is 389. The van der Waals surface area contributed by atoms with Crippen molar-refractivity contribution >= 4 is 5.97 Å². The van der Waals surface area contributed by atoms with Crippen LogP contribution in [0.15, 0.2) is 24.3 Å². The van der Waals surface area contributed by atoms with Crippen LogP contribution < -0.4 is 5.32 Å². The molecule has 0 amide bonds. The molecule has 3 nitrogen and oxygen atoms in total. The predicted molar refractivity (Wildman–Crippen MR) is 62.3 cm³/mol. The fraction of sp³-hybridized carbons (Fsp3) is 0.462. The van der Waals surface area contributed by atoms with E-state index in [2.05, 4.69) is 11.4 Å². The number of carbonyl (C=O) groups is 1. The summed E-state index contributed by atoms with van der Waals surface area (Å²) in [5.41, 5.74) is 2.26. The van der Waals surface area contributed by atoms with E-state index in [1.807, 2.05) is 25.1 Å². The second-order valence-corrected chi connectivity index (χ2v) is 4.43. The minimum absolute atomic E-state index is 0.0360. The number of carboxylic acids is 1. The van der Waals surface area contributed by atoms with Crippen molar-refractivity contribution in [2.24, 2.45) is 5.92 Å². The Hall–Kier alpha value is -1.35. The number of aryl methyl sites for hydroxylation is 1. The number of nitrogens with one attached hydrogen (secondary N) is 1. The van der Waals surface area contributed by atoms with Crippen molar-refractivity contribution in [3.63, 3.8) is 0 Å². The highest BCUT2D eigenvalue weighted by Gasteiger charge is 2.31. The van der Waals surface area contributed by atoms with Gasteiger partial charge in [0.1, 0.15) is 0 Å². The number of hydrogen-bond donors (Lipinski definition) is 2. The van der Waals surface area contributed by atoms with Crippen molar-refractivity contribution in [2.75, 3.05) is 6.54 Å². The molecule has 1 aliphatic rings. The molecule has 0 spiro atoms. The van der Waals surface area contributed by atoms with Crippen LogP contribution in [0.2, 0.25) is 0 Å². The minimum Gasteiger partial charge on any atom is -0.481 e. The maximum absolute atomic E-state index is 11.2. The molecule has 1 saturated heterocycles. The molecule has 0 saturated carbocycles. The SMILES string of the molecule is Cc1cccc([C@H]2NCCC[C@@H]2C(=O)O)c1. The lowest BCUT2D eigenvalue weighted by atomic mass is 9.86. The Kier molecular flexibility index (Phi) is 3.25. The van der Waals surface area contributed by atoms with E-state index in [1.165, 1.54) is 5.56 Å². The van der Waals surface area contributed by atoms with E-state index in [0.717, 1.165) is 24.9 Å². The van der Waals surface area contributed by atoms with Crippen LogP contribution in [0.25, 0.3) is 0 Å². The van der Waals surface area contributed by atoms with Gasteiger partial charge < -0.3 is 10.4 Å². The van der Waals surface area contributed by atoms with Crippen molar-refractivity contribution in [2.45, 2.75) is 25.8 Å². The van der Waals surface area contributed by atoms with Gasteiger partial charge >= 0.3 is 5.97 Å². The van der Waals surface area contributed by atoms with E-state index in [9.17, 15) is 9.90 Å². The van der Waals surface area contributed by atoms with E-state index in [1.54, 1.807) is 0 Å². The van der Waals surface area contributed by atoms with Crippen molar-refractivity contribution in [1.29, 1.82) is 0 Å². The summed E-state index contributed by atoms with van der Waals surface area (Å²) in [7, 11) is 0. The Morgan fingerprint density at radius 3 is 3.00 bits per heavy atom. The summed E-state index contributed by atoms with van der Waals surface area (Å²) in [6.07, 6.45) is 1.71. The third kappa shape index (κ3) is 2.25. The van der Waals surface area contributed by atoms with E-state index < -0.39 is 5.97 Å². The normalized spacial score (nSPS) is 25.3. The Morgan fingerprint density at radius 1 is 1.50 bits per heavy atom. The van der Waals surface area contributed by atoms with Gasteiger partial charge in [-0.2, -0.15) is 0 Å². The highest BCUT2D eigenvalue weighted by atomic mass is 16.4. The largest absolute Gasteiger partial charge is 0.481 e. The fourth-order valence-corrected chi connectivity index (χ4v) is 2.37. The van der Waals surface area contributed by atoms with Crippen LogP contribution in [0.4, 0.5) is 0 Å². The third-order valence-corrected chi connectivity index (χ3v) is 3.18. The van der Waals surface area contributed by atoms with E-state index in [-0.39, 0.29) is 12.0 Å². The van der Waals surface area contributed by atoms with Crippen LogP contribution in [-0.2, 0) is 4.79 Å². The van der Waals surface area contributed by atoms with Gasteiger partial charge in [-0.1, -0.05) is 29.8 Å². The molecule has 0 unspecified atom stereocenters. The van der Waals surface area contributed by atoms with Gasteiger partial charge in [-0.3, -0.25) is 4.79 Å². The van der Waals surface area contributed by atoms with E-state index >= 15 is 0 Å². The zero-order valence-corrected chi connectivity index (χ0v) is 9.44. The molecule has 0 aliphatic carbocycles. The lowest BCUT2D eigenvalue weighted by Crippen LogP contribution is -2.38. The van der Waals surface area contributed by atoms with Crippen molar-refractivity contribution in [1.82, 2.24) is 5.32 Å². The first-order valence-corrected chi connectivity index (χ1v) is 5.71. The van der Waals surface area contributed by atoms with Crippen molar-refractivity contribution in [3.05, 3.63) is 35.4 Å². The summed E-state index contributed by atoms with van der Waals surface area (Å²) in [6, 6.07) is 8.05. The summed E-state index contributed by atoms with van der Waals surface area (Å²) >= 11 is 0. The molecule has 1 aromatic rings. The Balaban J connectivity index is 2.26. The molecule has 0 radical (unpaired) electrons. The molecule has 1 aliphatic heterocycles. The van der Waals surface area contributed by atoms with Crippen LogP contribution in [0.1, 0.15) is 30.0 Å². The van der Waals surface area contributed by atoms with Gasteiger partial charge in [0.25, 0.3) is 0 Å². The molecule has 1 heterocycles. The molecule has 1 fully saturated rings. The number of benzene rings is 1. The molecule has 1 aromatic carbocycles. The van der Waals surface area contributed by atoms with Gasteiger partial charge in [0.15, 0.2) is 0 Å². The average molecular weight is 219 g/mol. The quantitative estimate of drug-likeness (QED) is 0.801. The molecular formula is C13H17NO2. The van der Waals surface area contributed by atoms with Gasteiger partial charge in [0, 0.05) is 6.04 Å².